The van der Waals surface area contributed by atoms with Crippen LogP contribution in [0.2, 0.25) is 0 Å². The monoisotopic (exact) mass is 292 g/mol. The predicted octanol–water partition coefficient (Wildman–Crippen LogP) is 5.48. The van der Waals surface area contributed by atoms with Gasteiger partial charge in [0.2, 0.25) is 0 Å². The standard InChI is InChI=1S/C19H32O2/c1-3-4-5-6-7-8-9-12-15-21-17(2)16-18-13-10-11-14-19(18)20/h10-11,13-14,17,20H,3-9,12,15-16H2,1-2H3. The van der Waals surface area contributed by atoms with Crippen molar-refractivity contribution in [3.8, 4) is 5.75 Å². The lowest BCUT2D eigenvalue weighted by atomic mass is 10.1. The van der Waals surface area contributed by atoms with E-state index in [0.29, 0.717) is 5.75 Å². The van der Waals surface area contributed by atoms with Crippen molar-refractivity contribution in [2.45, 2.75) is 77.7 Å². The molecule has 1 atom stereocenters. The molecule has 2 heteroatoms. The average Bonchev–Trinajstić information content (AvgIpc) is 2.48. The summed E-state index contributed by atoms with van der Waals surface area (Å²) in [5, 5.41) is 9.73. The van der Waals surface area contributed by atoms with Gasteiger partial charge in [-0.05, 0) is 25.0 Å². The second-order valence-electron chi connectivity index (χ2n) is 5.99. The Morgan fingerprint density at radius 3 is 2.24 bits per heavy atom. The molecule has 0 aliphatic rings. The second kappa shape index (κ2) is 11.6. The summed E-state index contributed by atoms with van der Waals surface area (Å²) in [6, 6.07) is 7.51. The lowest BCUT2D eigenvalue weighted by molar-refractivity contribution is 0.0631. The molecule has 1 unspecified atom stereocenters. The third kappa shape index (κ3) is 8.77. The van der Waals surface area contributed by atoms with E-state index in [2.05, 4.69) is 13.8 Å². The number of phenols is 1. The molecule has 1 aromatic carbocycles. The number of ether oxygens (including phenoxy) is 1. The maximum Gasteiger partial charge on any atom is 0.118 e. The van der Waals surface area contributed by atoms with Crippen LogP contribution < -0.4 is 0 Å². The summed E-state index contributed by atoms with van der Waals surface area (Å²) in [5.41, 5.74) is 0.973. The highest BCUT2D eigenvalue weighted by molar-refractivity contribution is 5.32. The lowest BCUT2D eigenvalue weighted by Gasteiger charge is -2.14. The van der Waals surface area contributed by atoms with Crippen molar-refractivity contribution in [1.29, 1.82) is 0 Å². The van der Waals surface area contributed by atoms with Gasteiger partial charge in [-0.2, -0.15) is 0 Å². The lowest BCUT2D eigenvalue weighted by Crippen LogP contribution is -2.12. The van der Waals surface area contributed by atoms with Gasteiger partial charge in [-0.1, -0.05) is 70.1 Å². The molecular weight excluding hydrogens is 260 g/mol. The highest BCUT2D eigenvalue weighted by atomic mass is 16.5. The minimum absolute atomic E-state index is 0.169. The Hall–Kier alpha value is -1.02. The Morgan fingerprint density at radius 1 is 0.952 bits per heavy atom. The van der Waals surface area contributed by atoms with Crippen LogP contribution in [0.3, 0.4) is 0 Å². The minimum atomic E-state index is 0.169. The van der Waals surface area contributed by atoms with Crippen molar-refractivity contribution in [3.63, 3.8) is 0 Å². The number of para-hydroxylation sites is 1. The molecule has 0 fully saturated rings. The first-order valence-corrected chi connectivity index (χ1v) is 8.62. The highest BCUT2D eigenvalue weighted by Crippen LogP contribution is 2.18. The van der Waals surface area contributed by atoms with E-state index in [9.17, 15) is 5.11 Å². The summed E-state index contributed by atoms with van der Waals surface area (Å²) in [6.45, 7) is 5.18. The SMILES string of the molecule is CCCCCCCCCCOC(C)Cc1ccccc1O. The summed E-state index contributed by atoms with van der Waals surface area (Å²) < 4.78 is 5.83. The Labute approximate surface area is 130 Å². The van der Waals surface area contributed by atoms with Crippen molar-refractivity contribution in [1.82, 2.24) is 0 Å². The Kier molecular flexibility index (Phi) is 9.98. The number of hydrogen-bond donors (Lipinski definition) is 1. The van der Waals surface area contributed by atoms with Gasteiger partial charge in [0.25, 0.3) is 0 Å². The second-order valence-corrected chi connectivity index (χ2v) is 5.99. The van der Waals surface area contributed by atoms with Crippen molar-refractivity contribution in [2.75, 3.05) is 6.61 Å². The van der Waals surface area contributed by atoms with Crippen molar-refractivity contribution < 1.29 is 9.84 Å². The van der Waals surface area contributed by atoms with Gasteiger partial charge >= 0.3 is 0 Å². The van der Waals surface area contributed by atoms with Crippen LogP contribution in [-0.2, 0) is 11.2 Å². The first-order chi connectivity index (χ1) is 10.2. The average molecular weight is 292 g/mol. The molecule has 2 nitrogen and oxygen atoms in total. The molecule has 21 heavy (non-hydrogen) atoms. The maximum absolute atomic E-state index is 9.73. The number of hydrogen-bond acceptors (Lipinski definition) is 2. The topological polar surface area (TPSA) is 29.5 Å². The third-order valence-corrected chi connectivity index (χ3v) is 3.90. The highest BCUT2D eigenvalue weighted by Gasteiger charge is 2.06. The van der Waals surface area contributed by atoms with E-state index in [-0.39, 0.29) is 6.10 Å². The molecule has 0 saturated carbocycles. The maximum atomic E-state index is 9.73. The molecule has 0 bridgehead atoms. The zero-order valence-corrected chi connectivity index (χ0v) is 13.8. The van der Waals surface area contributed by atoms with Crippen LogP contribution in [0.5, 0.6) is 5.75 Å². The molecule has 1 aromatic rings. The molecule has 0 amide bonds. The number of aromatic hydroxyl groups is 1. The summed E-state index contributed by atoms with van der Waals surface area (Å²) >= 11 is 0. The van der Waals surface area contributed by atoms with E-state index in [4.69, 9.17) is 4.74 Å². The van der Waals surface area contributed by atoms with E-state index < -0.39 is 0 Å². The van der Waals surface area contributed by atoms with Gasteiger partial charge in [0.05, 0.1) is 6.10 Å². The van der Waals surface area contributed by atoms with Crippen LogP contribution >= 0.6 is 0 Å². The van der Waals surface area contributed by atoms with Gasteiger partial charge in [-0.3, -0.25) is 0 Å². The van der Waals surface area contributed by atoms with Gasteiger partial charge in [0, 0.05) is 13.0 Å². The van der Waals surface area contributed by atoms with E-state index in [1.54, 1.807) is 6.07 Å². The molecule has 1 rings (SSSR count). The fraction of sp³-hybridized carbons (Fsp3) is 0.684. The van der Waals surface area contributed by atoms with E-state index in [0.717, 1.165) is 25.0 Å². The molecule has 0 saturated heterocycles. The van der Waals surface area contributed by atoms with Crippen molar-refractivity contribution in [3.05, 3.63) is 29.8 Å². The molecule has 0 aliphatic heterocycles. The van der Waals surface area contributed by atoms with Crippen molar-refractivity contribution in [2.24, 2.45) is 0 Å². The summed E-state index contributed by atoms with van der Waals surface area (Å²) in [6.07, 6.45) is 11.6. The van der Waals surface area contributed by atoms with Gasteiger partial charge in [0.1, 0.15) is 5.75 Å². The van der Waals surface area contributed by atoms with E-state index in [1.165, 1.54) is 44.9 Å². The molecular formula is C19H32O2. The fourth-order valence-corrected chi connectivity index (χ4v) is 2.57. The number of rotatable bonds is 12. The number of unbranched alkanes of at least 4 members (excludes halogenated alkanes) is 7. The largest absolute Gasteiger partial charge is 0.508 e. The molecule has 0 radical (unpaired) electrons. The molecule has 1 N–H and O–H groups in total. The van der Waals surface area contributed by atoms with Crippen LogP contribution in [0, 0.1) is 0 Å². The molecule has 0 spiro atoms. The van der Waals surface area contributed by atoms with Crippen molar-refractivity contribution >= 4 is 0 Å². The van der Waals surface area contributed by atoms with Gasteiger partial charge in [-0.15, -0.1) is 0 Å². The summed E-state index contributed by atoms with van der Waals surface area (Å²) in [7, 11) is 0. The smallest absolute Gasteiger partial charge is 0.118 e. The zero-order valence-electron chi connectivity index (χ0n) is 13.8. The van der Waals surface area contributed by atoms with Gasteiger partial charge in [0.15, 0.2) is 0 Å². The Morgan fingerprint density at radius 2 is 1.57 bits per heavy atom. The van der Waals surface area contributed by atoms with Crippen LogP contribution in [-0.4, -0.2) is 17.8 Å². The number of benzene rings is 1. The first-order valence-electron chi connectivity index (χ1n) is 8.62. The number of phenolic OH excluding ortho intramolecular Hbond substituents is 1. The summed E-state index contributed by atoms with van der Waals surface area (Å²) in [4.78, 5) is 0. The van der Waals surface area contributed by atoms with Gasteiger partial charge in [-0.25, -0.2) is 0 Å². The van der Waals surface area contributed by atoms with E-state index >= 15 is 0 Å². The molecule has 0 aliphatic carbocycles. The van der Waals surface area contributed by atoms with Crippen LogP contribution in [0.25, 0.3) is 0 Å². The first kappa shape index (κ1) is 18.0. The Balaban J connectivity index is 1.99. The molecule has 0 heterocycles. The summed E-state index contributed by atoms with van der Waals surface area (Å²) in [5.74, 6) is 0.375. The fourth-order valence-electron chi connectivity index (χ4n) is 2.57. The Bertz CT molecular complexity index is 362. The van der Waals surface area contributed by atoms with Gasteiger partial charge < -0.3 is 9.84 Å². The van der Waals surface area contributed by atoms with E-state index in [1.807, 2.05) is 18.2 Å². The normalized spacial score (nSPS) is 12.5. The van der Waals surface area contributed by atoms with Crippen LogP contribution in [0.1, 0.15) is 70.8 Å². The third-order valence-electron chi connectivity index (χ3n) is 3.90. The quantitative estimate of drug-likeness (QED) is 0.517. The minimum Gasteiger partial charge on any atom is -0.508 e. The molecule has 120 valence electrons. The predicted molar refractivity (Wildman–Crippen MR) is 89.8 cm³/mol. The molecule has 0 aromatic heterocycles. The van der Waals surface area contributed by atoms with Crippen LogP contribution in [0.15, 0.2) is 24.3 Å². The van der Waals surface area contributed by atoms with Crippen LogP contribution in [0.4, 0.5) is 0 Å². The zero-order chi connectivity index (χ0) is 15.3.